The summed E-state index contributed by atoms with van der Waals surface area (Å²) in [6.45, 7) is 5.01. The quantitative estimate of drug-likeness (QED) is 0.235. The minimum atomic E-state index is -0.0214. The molecule has 0 N–H and O–H groups in total. The van der Waals surface area contributed by atoms with E-state index in [2.05, 4.69) is 170 Å². The molecule has 8 rings (SSSR count). The zero-order valence-electron chi connectivity index (χ0n) is 23.2. The predicted octanol–water partition coefficient (Wildman–Crippen LogP) is 10.8. The lowest BCUT2D eigenvalue weighted by Gasteiger charge is -2.47. The van der Waals surface area contributed by atoms with Crippen molar-refractivity contribution in [2.75, 3.05) is 11.5 Å². The maximum absolute atomic E-state index is 2.53. The van der Waals surface area contributed by atoms with E-state index >= 15 is 0 Å². The van der Waals surface area contributed by atoms with Crippen molar-refractivity contribution in [2.45, 2.75) is 23.3 Å². The highest BCUT2D eigenvalue weighted by Gasteiger charge is 2.59. The Labute approximate surface area is 255 Å². The molecule has 1 fully saturated rings. The van der Waals surface area contributed by atoms with E-state index in [1.165, 1.54) is 43.2 Å². The number of benzene rings is 4. The molecule has 4 aromatic rings. The first kappa shape index (κ1) is 25.6. The number of fused-ring (bicyclic) bond motifs is 4. The van der Waals surface area contributed by atoms with Gasteiger partial charge in [-0.3, -0.25) is 0 Å². The summed E-state index contributed by atoms with van der Waals surface area (Å²) in [5, 5.41) is 0. The Hall–Kier alpha value is -3.11. The van der Waals surface area contributed by atoms with Gasteiger partial charge in [-0.2, -0.15) is 11.8 Å². The van der Waals surface area contributed by atoms with Gasteiger partial charge in [0.25, 0.3) is 0 Å². The smallest absolute Gasteiger partial charge is 0.0619 e. The Morgan fingerprint density at radius 1 is 0.439 bits per heavy atom. The normalized spacial score (nSPS) is 24.6. The Kier molecular flexibility index (Phi) is 6.07. The molecular formula is C38H30S3. The minimum Gasteiger partial charge on any atom is -0.152 e. The molecule has 1 saturated heterocycles. The van der Waals surface area contributed by atoms with E-state index in [9.17, 15) is 0 Å². The summed E-state index contributed by atoms with van der Waals surface area (Å²) in [7, 11) is 0. The Balaban J connectivity index is 1.14. The first-order valence-electron chi connectivity index (χ1n) is 14.2. The molecule has 0 radical (unpaired) electrons. The van der Waals surface area contributed by atoms with Crippen molar-refractivity contribution in [3.05, 3.63) is 155 Å². The highest BCUT2D eigenvalue weighted by Crippen LogP contribution is 2.69. The van der Waals surface area contributed by atoms with Crippen LogP contribution < -0.4 is 0 Å². The lowest BCUT2D eigenvalue weighted by molar-refractivity contribution is 0.609. The molecule has 2 unspecified atom stereocenters. The molecule has 0 amide bonds. The van der Waals surface area contributed by atoms with Crippen molar-refractivity contribution in [3.63, 3.8) is 0 Å². The molecule has 0 saturated carbocycles. The number of hydrogen-bond acceptors (Lipinski definition) is 3. The van der Waals surface area contributed by atoms with Crippen LogP contribution in [0.2, 0.25) is 0 Å². The largest absolute Gasteiger partial charge is 0.152 e. The van der Waals surface area contributed by atoms with Crippen molar-refractivity contribution < 1.29 is 0 Å². The Bertz CT molecular complexity index is 1660. The maximum atomic E-state index is 2.53. The average molecular weight is 583 g/mol. The van der Waals surface area contributed by atoms with Crippen molar-refractivity contribution in [1.29, 1.82) is 0 Å². The van der Waals surface area contributed by atoms with E-state index in [0.717, 1.165) is 11.5 Å². The molecule has 4 aromatic carbocycles. The van der Waals surface area contributed by atoms with Crippen molar-refractivity contribution in [2.24, 2.45) is 0 Å². The fraction of sp³-hybridized carbons (Fsp3) is 0.158. The Morgan fingerprint density at radius 3 is 1.17 bits per heavy atom. The summed E-state index contributed by atoms with van der Waals surface area (Å²) in [5.74, 6) is 2.24. The number of rotatable bonds is 4. The second-order valence-corrected chi connectivity index (χ2v) is 15.4. The van der Waals surface area contributed by atoms with Crippen LogP contribution in [0.5, 0.6) is 0 Å². The van der Waals surface area contributed by atoms with Gasteiger partial charge in [-0.05, 0) is 81.7 Å². The third kappa shape index (κ3) is 4.00. The van der Waals surface area contributed by atoms with Crippen LogP contribution >= 0.6 is 35.3 Å². The van der Waals surface area contributed by atoms with Crippen LogP contribution in [-0.4, -0.2) is 21.0 Å². The average Bonchev–Trinajstić information content (AvgIpc) is 3.74. The lowest BCUT2D eigenvalue weighted by Crippen LogP contribution is -2.47. The summed E-state index contributed by atoms with van der Waals surface area (Å²) < 4.78 is -0.0429. The zero-order chi connectivity index (χ0) is 27.6. The summed E-state index contributed by atoms with van der Waals surface area (Å²) in [6.07, 6.45) is 5.05. The van der Waals surface area contributed by atoms with Crippen LogP contribution in [0.25, 0.3) is 32.1 Å². The lowest BCUT2D eigenvalue weighted by atomic mass is 9.72. The van der Waals surface area contributed by atoms with Crippen molar-refractivity contribution >= 4 is 45.1 Å². The number of allylic oxidation sites excluding steroid dienone is 2. The monoisotopic (exact) mass is 582 g/mol. The molecule has 1 aliphatic carbocycles. The van der Waals surface area contributed by atoms with Gasteiger partial charge in [0.15, 0.2) is 0 Å². The van der Waals surface area contributed by atoms with Crippen LogP contribution in [0.3, 0.4) is 0 Å². The van der Waals surface area contributed by atoms with Gasteiger partial charge in [0.1, 0.15) is 0 Å². The molecule has 0 bridgehead atoms. The first-order chi connectivity index (χ1) is 20.0. The van der Waals surface area contributed by atoms with Crippen LogP contribution in [0.15, 0.2) is 144 Å². The van der Waals surface area contributed by atoms with Crippen LogP contribution in [-0.2, 0) is 0 Å². The van der Waals surface area contributed by atoms with E-state index < -0.39 is 0 Å². The van der Waals surface area contributed by atoms with E-state index in [1.54, 1.807) is 22.3 Å². The van der Waals surface area contributed by atoms with Gasteiger partial charge in [-0.15, -0.1) is 23.5 Å². The third-order valence-corrected chi connectivity index (χ3v) is 13.5. The summed E-state index contributed by atoms with van der Waals surface area (Å²) >= 11 is 6.23. The first-order valence-corrected chi connectivity index (χ1v) is 17.0. The summed E-state index contributed by atoms with van der Waals surface area (Å²) in [6, 6.07) is 39.7. The van der Waals surface area contributed by atoms with E-state index in [-0.39, 0.29) is 9.49 Å². The number of thioether (sulfide) groups is 3. The second-order valence-electron chi connectivity index (χ2n) is 11.5. The molecular weight excluding hydrogens is 553 g/mol. The SMILES string of the molecule is CC12SC(c3ccc(-c4ccccc4)cc3)=CC1=C1CSCC1=C1C=C(c3ccc(-c4ccccc4)cc3)SC12C. The minimum absolute atomic E-state index is 0.0214. The van der Waals surface area contributed by atoms with Crippen LogP contribution in [0.4, 0.5) is 0 Å². The molecule has 4 aliphatic rings. The maximum Gasteiger partial charge on any atom is 0.0619 e. The molecule has 0 aromatic heterocycles. The van der Waals surface area contributed by atoms with Crippen LogP contribution in [0.1, 0.15) is 25.0 Å². The molecule has 41 heavy (non-hydrogen) atoms. The van der Waals surface area contributed by atoms with Gasteiger partial charge < -0.3 is 0 Å². The molecule has 2 atom stereocenters. The van der Waals surface area contributed by atoms with Gasteiger partial charge in [-0.25, -0.2) is 0 Å². The van der Waals surface area contributed by atoms with Crippen LogP contribution in [0, 0.1) is 0 Å². The Morgan fingerprint density at radius 2 is 0.780 bits per heavy atom. The predicted molar refractivity (Wildman–Crippen MR) is 183 cm³/mol. The van der Waals surface area contributed by atoms with Gasteiger partial charge in [0.2, 0.25) is 0 Å². The highest BCUT2D eigenvalue weighted by molar-refractivity contribution is 8.14. The highest BCUT2D eigenvalue weighted by atomic mass is 32.2. The van der Waals surface area contributed by atoms with E-state index in [1.807, 2.05) is 0 Å². The third-order valence-electron chi connectivity index (χ3n) is 9.18. The fourth-order valence-electron chi connectivity index (χ4n) is 6.71. The topological polar surface area (TPSA) is 0 Å². The van der Waals surface area contributed by atoms with E-state index in [4.69, 9.17) is 0 Å². The molecule has 200 valence electrons. The summed E-state index contributed by atoms with van der Waals surface area (Å²) in [4.78, 5) is 2.80. The van der Waals surface area contributed by atoms with E-state index in [0.29, 0.717) is 0 Å². The van der Waals surface area contributed by atoms with Gasteiger partial charge >= 0.3 is 0 Å². The van der Waals surface area contributed by atoms with Crippen molar-refractivity contribution in [3.8, 4) is 22.3 Å². The van der Waals surface area contributed by atoms with Crippen molar-refractivity contribution in [1.82, 2.24) is 0 Å². The standard InChI is InChI=1S/C38H30S3/c1-37-33(21-35(40-37)29-17-13-27(14-18-29)25-9-5-3-6-10-25)31-23-39-24-32(31)34-22-36(41-38(34,37)2)30-19-15-28(16-20-30)26-11-7-4-8-12-26/h3-22H,23-24H2,1-2H3. The molecule has 3 aliphatic heterocycles. The molecule has 3 heterocycles. The zero-order valence-corrected chi connectivity index (χ0v) is 25.6. The van der Waals surface area contributed by atoms with Gasteiger partial charge in [-0.1, -0.05) is 109 Å². The number of hydrogen-bond donors (Lipinski definition) is 0. The molecule has 0 nitrogen and oxygen atoms in total. The molecule has 0 spiro atoms. The van der Waals surface area contributed by atoms with Gasteiger partial charge in [0, 0.05) is 21.3 Å². The fourth-order valence-corrected chi connectivity index (χ4v) is 11.1. The van der Waals surface area contributed by atoms with Gasteiger partial charge in [0.05, 0.1) is 9.49 Å². The second kappa shape index (κ2) is 9.73. The molecule has 3 heteroatoms. The summed E-state index contributed by atoms with van der Waals surface area (Å²) in [5.41, 5.74) is 14.0.